The fourth-order valence-electron chi connectivity index (χ4n) is 5.85. The zero-order valence-electron chi connectivity index (χ0n) is 22.6. The predicted octanol–water partition coefficient (Wildman–Crippen LogP) is 1.43. The molecule has 2 aromatic rings. The molecular weight excluding hydrogens is 496 g/mol. The van der Waals surface area contributed by atoms with E-state index in [0.29, 0.717) is 31.4 Å². The number of pyridine rings is 1. The van der Waals surface area contributed by atoms with Gasteiger partial charge in [-0.2, -0.15) is 0 Å². The quantitative estimate of drug-likeness (QED) is 0.575. The maximum absolute atomic E-state index is 13.7. The van der Waals surface area contributed by atoms with Gasteiger partial charge in [-0.15, -0.1) is 0 Å². The largest absolute Gasteiger partial charge is 0.369 e. The van der Waals surface area contributed by atoms with Crippen LogP contribution in [0.4, 0.5) is 5.69 Å². The molecule has 1 aromatic carbocycles. The van der Waals surface area contributed by atoms with Crippen molar-refractivity contribution in [2.45, 2.75) is 44.3 Å². The minimum atomic E-state index is -0.744. The van der Waals surface area contributed by atoms with Crippen molar-refractivity contribution in [2.75, 3.05) is 51.2 Å². The summed E-state index contributed by atoms with van der Waals surface area (Å²) in [6.07, 6.45) is 3.22. The van der Waals surface area contributed by atoms with Crippen LogP contribution in [0.25, 0.3) is 0 Å². The fourth-order valence-corrected chi connectivity index (χ4v) is 5.85. The Balaban J connectivity index is 1.25. The third-order valence-corrected chi connectivity index (χ3v) is 8.03. The number of aromatic nitrogens is 1. The van der Waals surface area contributed by atoms with Crippen molar-refractivity contribution in [2.24, 2.45) is 0 Å². The number of fused-ring (bicyclic) bond motifs is 1. The lowest BCUT2D eigenvalue weighted by Gasteiger charge is -2.34. The fraction of sp³-hybridized carbons (Fsp3) is 0.483. The second kappa shape index (κ2) is 11.5. The first-order valence-electron chi connectivity index (χ1n) is 13.8. The summed E-state index contributed by atoms with van der Waals surface area (Å²) in [4.78, 5) is 64.7. The normalized spacial score (nSPS) is 22.1. The maximum Gasteiger partial charge on any atom is 0.273 e. The van der Waals surface area contributed by atoms with Crippen LogP contribution >= 0.6 is 0 Å². The molecule has 4 heterocycles. The Hall–Kier alpha value is -3.79. The van der Waals surface area contributed by atoms with Gasteiger partial charge in [0.1, 0.15) is 17.8 Å². The number of hydrogen-bond acceptors (Lipinski definition) is 7. The van der Waals surface area contributed by atoms with Gasteiger partial charge in [-0.25, -0.2) is 0 Å². The lowest BCUT2D eigenvalue weighted by atomic mass is 10.1. The molecule has 3 aliphatic rings. The summed E-state index contributed by atoms with van der Waals surface area (Å²) in [5, 5.41) is 2.92. The van der Waals surface area contributed by atoms with E-state index < -0.39 is 12.1 Å². The Morgan fingerprint density at radius 3 is 2.41 bits per heavy atom. The van der Waals surface area contributed by atoms with Crippen LogP contribution in [-0.2, 0) is 9.59 Å². The highest BCUT2D eigenvalue weighted by molar-refractivity contribution is 6.03. The Labute approximate surface area is 228 Å². The monoisotopic (exact) mass is 532 g/mol. The molecule has 1 aromatic heterocycles. The van der Waals surface area contributed by atoms with Gasteiger partial charge in [-0.3, -0.25) is 24.2 Å². The molecular formula is C29H36N6O4. The molecule has 3 atom stereocenters. The highest BCUT2D eigenvalue weighted by Crippen LogP contribution is 2.31. The van der Waals surface area contributed by atoms with E-state index in [0.717, 1.165) is 31.9 Å². The molecule has 3 amide bonds. The lowest BCUT2D eigenvalue weighted by molar-refractivity contribution is -0.138. The third-order valence-electron chi connectivity index (χ3n) is 8.03. The van der Waals surface area contributed by atoms with Crippen LogP contribution in [0.1, 0.15) is 47.0 Å². The van der Waals surface area contributed by atoms with Crippen LogP contribution < -0.4 is 10.2 Å². The third kappa shape index (κ3) is 5.52. The molecule has 0 bridgehead atoms. The van der Waals surface area contributed by atoms with Crippen LogP contribution in [-0.4, -0.2) is 108 Å². The molecule has 0 spiro atoms. The summed E-state index contributed by atoms with van der Waals surface area (Å²) in [6, 6.07) is 10.8. The van der Waals surface area contributed by atoms with Gasteiger partial charge in [-0.05, 0) is 56.3 Å². The minimum Gasteiger partial charge on any atom is -0.369 e. The van der Waals surface area contributed by atoms with Crippen molar-refractivity contribution in [3.8, 4) is 0 Å². The maximum atomic E-state index is 13.7. The van der Waals surface area contributed by atoms with Gasteiger partial charge < -0.3 is 24.9 Å². The number of likely N-dealkylation sites (N-methyl/N-ethyl adjacent to an activating group) is 1. The van der Waals surface area contributed by atoms with Crippen molar-refractivity contribution in [3.63, 3.8) is 0 Å². The number of piperazine rings is 1. The van der Waals surface area contributed by atoms with E-state index >= 15 is 0 Å². The van der Waals surface area contributed by atoms with E-state index in [-0.39, 0.29) is 41.8 Å². The molecule has 10 heteroatoms. The molecule has 39 heavy (non-hydrogen) atoms. The van der Waals surface area contributed by atoms with Gasteiger partial charge in [0, 0.05) is 50.2 Å². The van der Waals surface area contributed by atoms with E-state index in [1.54, 1.807) is 41.4 Å². The molecule has 10 nitrogen and oxygen atoms in total. The average molecular weight is 533 g/mol. The van der Waals surface area contributed by atoms with Crippen LogP contribution in [0, 0.1) is 0 Å². The summed E-state index contributed by atoms with van der Waals surface area (Å²) >= 11 is 0. The van der Waals surface area contributed by atoms with Gasteiger partial charge >= 0.3 is 0 Å². The summed E-state index contributed by atoms with van der Waals surface area (Å²) < 4.78 is 0. The first kappa shape index (κ1) is 26.8. The van der Waals surface area contributed by atoms with Crippen LogP contribution in [0.5, 0.6) is 0 Å². The molecule has 3 saturated heterocycles. The first-order valence-corrected chi connectivity index (χ1v) is 13.8. The zero-order chi connectivity index (χ0) is 27.5. The highest BCUT2D eigenvalue weighted by atomic mass is 16.2. The molecule has 206 valence electrons. The summed E-state index contributed by atoms with van der Waals surface area (Å²) in [7, 11) is 2.11. The topological polar surface area (TPSA) is 106 Å². The van der Waals surface area contributed by atoms with Crippen LogP contribution in [0.2, 0.25) is 0 Å². The van der Waals surface area contributed by atoms with E-state index in [2.05, 4.69) is 27.1 Å². The number of likely N-dealkylation sites (tertiary alicyclic amines) is 2. The van der Waals surface area contributed by atoms with Crippen LogP contribution in [0.3, 0.4) is 0 Å². The number of carbonyl (C=O) groups is 4. The molecule has 3 unspecified atom stereocenters. The van der Waals surface area contributed by atoms with Gasteiger partial charge in [0.25, 0.3) is 11.8 Å². The highest BCUT2D eigenvalue weighted by Gasteiger charge is 2.52. The second-order valence-corrected chi connectivity index (χ2v) is 10.6. The van der Waals surface area contributed by atoms with E-state index in [9.17, 15) is 19.2 Å². The number of nitrogens with one attached hydrogen (secondary N) is 1. The Kier molecular flexibility index (Phi) is 7.92. The molecule has 5 rings (SSSR count). The van der Waals surface area contributed by atoms with Crippen molar-refractivity contribution in [1.82, 2.24) is 25.0 Å². The number of carbonyl (C=O) groups excluding carboxylic acids is 4. The summed E-state index contributed by atoms with van der Waals surface area (Å²) in [5.74, 6) is -1.04. The Morgan fingerprint density at radius 2 is 1.74 bits per heavy atom. The minimum absolute atomic E-state index is 0.0427. The number of nitrogens with zero attached hydrogens (tertiary/aromatic N) is 5. The lowest BCUT2D eigenvalue weighted by Crippen LogP contribution is -2.52. The van der Waals surface area contributed by atoms with Crippen LogP contribution in [0.15, 0.2) is 48.7 Å². The molecule has 1 N–H and O–H groups in total. The number of Topliss-reactive ketones (excluding diaryl/α,β-unsaturated/α-hetero) is 1. The second-order valence-electron chi connectivity index (χ2n) is 10.6. The standard InChI is InChI=1S/C29H36N6O4/c1-3-6-23(31-27(37)20-8-10-21(11-9-20)33-17-15-32(2)16-18-33)29(39)34-14-12-24-26(34)25(36)19-35(24)28(38)22-7-4-5-13-30-22/h4-5,7-11,13,23-24,26H,3,6,12,14-19H2,1-2H3,(H,31,37). The summed E-state index contributed by atoms with van der Waals surface area (Å²) in [6.45, 7) is 6.16. The van der Waals surface area contributed by atoms with Crippen molar-refractivity contribution in [1.29, 1.82) is 0 Å². The first-order chi connectivity index (χ1) is 18.9. The van der Waals surface area contributed by atoms with Crippen molar-refractivity contribution in [3.05, 3.63) is 59.9 Å². The number of anilines is 1. The molecule has 0 saturated carbocycles. The zero-order valence-corrected chi connectivity index (χ0v) is 22.6. The van der Waals surface area contributed by atoms with E-state index in [1.807, 2.05) is 19.1 Å². The number of amides is 3. The van der Waals surface area contributed by atoms with E-state index in [1.165, 1.54) is 4.90 Å². The van der Waals surface area contributed by atoms with Gasteiger partial charge in [0.05, 0.1) is 12.6 Å². The Morgan fingerprint density at radius 1 is 1.00 bits per heavy atom. The molecule has 3 aliphatic heterocycles. The van der Waals surface area contributed by atoms with Gasteiger partial charge in [-0.1, -0.05) is 19.4 Å². The summed E-state index contributed by atoms with van der Waals surface area (Å²) in [5.41, 5.74) is 1.85. The smallest absolute Gasteiger partial charge is 0.273 e. The number of rotatable bonds is 7. The SMILES string of the molecule is CCCC(NC(=O)c1ccc(N2CCN(C)CC2)cc1)C(=O)N1CCC2C1C(=O)CN2C(=O)c1ccccn1. The molecule has 0 aliphatic carbocycles. The molecule has 0 radical (unpaired) electrons. The average Bonchev–Trinajstić information content (AvgIpc) is 3.54. The number of hydrogen-bond donors (Lipinski definition) is 1. The number of ketones is 1. The van der Waals surface area contributed by atoms with E-state index in [4.69, 9.17) is 0 Å². The molecule has 3 fully saturated rings. The number of benzene rings is 1. The van der Waals surface area contributed by atoms with Crippen molar-refractivity contribution < 1.29 is 19.2 Å². The predicted molar refractivity (Wildman–Crippen MR) is 147 cm³/mol. The van der Waals surface area contributed by atoms with Gasteiger partial charge in [0.2, 0.25) is 5.91 Å². The van der Waals surface area contributed by atoms with Gasteiger partial charge in [0.15, 0.2) is 5.78 Å². The Bertz CT molecular complexity index is 1210. The van der Waals surface area contributed by atoms with Crippen molar-refractivity contribution >= 4 is 29.2 Å².